The van der Waals surface area contributed by atoms with Gasteiger partial charge in [-0.15, -0.1) is 0 Å². The van der Waals surface area contributed by atoms with Crippen LogP contribution in [0.2, 0.25) is 0 Å². The monoisotopic (exact) mass is 522 g/mol. The largest absolute Gasteiger partial charge is 0.342 e. The van der Waals surface area contributed by atoms with Gasteiger partial charge in [-0.2, -0.15) is 0 Å². The van der Waals surface area contributed by atoms with E-state index in [9.17, 15) is 4.79 Å². The molecule has 39 heavy (non-hydrogen) atoms. The number of imidazole rings is 2. The number of benzene rings is 2. The summed E-state index contributed by atoms with van der Waals surface area (Å²) in [5.74, 6) is 2.69. The number of H-pyrrole nitrogens is 2. The number of nitrogens with zero attached hydrogens (tertiary/aromatic N) is 3. The van der Waals surface area contributed by atoms with Gasteiger partial charge in [0.15, 0.2) is 0 Å². The van der Waals surface area contributed by atoms with Crippen LogP contribution in [0.4, 0.5) is 0 Å². The Balaban J connectivity index is 1.14. The van der Waals surface area contributed by atoms with Crippen LogP contribution in [0.5, 0.6) is 0 Å². The molecule has 2 fully saturated rings. The van der Waals surface area contributed by atoms with Gasteiger partial charge in [0.05, 0.1) is 35.9 Å². The molecule has 2 atom stereocenters. The molecule has 2 aromatic carbocycles. The van der Waals surface area contributed by atoms with Crippen LogP contribution in [0, 0.1) is 5.92 Å². The Labute approximate surface area is 230 Å². The minimum atomic E-state index is -0.476. The van der Waals surface area contributed by atoms with E-state index in [2.05, 4.69) is 68.5 Å². The molecule has 1 amide bonds. The zero-order valence-corrected chi connectivity index (χ0v) is 22.9. The van der Waals surface area contributed by atoms with Gasteiger partial charge < -0.3 is 20.6 Å². The second kappa shape index (κ2) is 10.8. The fraction of sp³-hybridized carbons (Fsp3) is 0.406. The maximum Gasteiger partial charge on any atom is 0.240 e. The molecular formula is C32H38N6O. The van der Waals surface area contributed by atoms with Crippen molar-refractivity contribution in [3.05, 3.63) is 72.6 Å². The third kappa shape index (κ3) is 5.15. The first-order valence-electron chi connectivity index (χ1n) is 14.3. The summed E-state index contributed by atoms with van der Waals surface area (Å²) < 4.78 is 0. The molecule has 7 heteroatoms. The standard InChI is InChI=1S/C32H38N6O/c1-20(2)29(33)32(39)38-17-5-8-28(38)31-35-19-27(37-31)24-15-11-22(12-16-24)21-9-13-23(14-10-21)26-18-34-30(36-26)25-6-3-4-7-25/h9-16,18-20,25,28-29H,3-8,17,33H2,1-2H3,(H,34,36)(H,35,37)/t28-,29-/m0/s1. The zero-order valence-electron chi connectivity index (χ0n) is 22.9. The summed E-state index contributed by atoms with van der Waals surface area (Å²) in [7, 11) is 0. The van der Waals surface area contributed by atoms with E-state index in [-0.39, 0.29) is 17.9 Å². The van der Waals surface area contributed by atoms with E-state index in [4.69, 9.17) is 5.73 Å². The molecule has 1 saturated carbocycles. The summed E-state index contributed by atoms with van der Waals surface area (Å²) in [5, 5.41) is 0. The number of rotatable bonds is 7. The average molecular weight is 523 g/mol. The number of aromatic amines is 2. The first-order valence-corrected chi connectivity index (χ1v) is 14.3. The third-order valence-electron chi connectivity index (χ3n) is 8.51. The molecule has 0 bridgehead atoms. The summed E-state index contributed by atoms with van der Waals surface area (Å²) in [5.41, 5.74) is 12.8. The van der Waals surface area contributed by atoms with E-state index in [0.717, 1.165) is 59.1 Å². The van der Waals surface area contributed by atoms with E-state index < -0.39 is 6.04 Å². The van der Waals surface area contributed by atoms with Gasteiger partial charge in [-0.25, -0.2) is 9.97 Å². The van der Waals surface area contributed by atoms with Crippen molar-refractivity contribution in [3.63, 3.8) is 0 Å². The van der Waals surface area contributed by atoms with Crippen molar-refractivity contribution in [2.45, 2.75) is 70.4 Å². The molecule has 0 spiro atoms. The van der Waals surface area contributed by atoms with Gasteiger partial charge in [-0.1, -0.05) is 75.2 Å². The Morgan fingerprint density at radius 1 is 0.795 bits per heavy atom. The summed E-state index contributed by atoms with van der Waals surface area (Å²) in [6, 6.07) is 16.7. The molecule has 2 aliphatic rings. The first kappa shape index (κ1) is 25.6. The van der Waals surface area contributed by atoms with Crippen molar-refractivity contribution in [1.29, 1.82) is 0 Å². The fourth-order valence-electron chi connectivity index (χ4n) is 6.02. The quantitative estimate of drug-likeness (QED) is 0.260. The highest BCUT2D eigenvalue weighted by Gasteiger charge is 2.35. The predicted octanol–water partition coefficient (Wildman–Crippen LogP) is 6.44. The molecular weight excluding hydrogens is 484 g/mol. The maximum absolute atomic E-state index is 12.9. The van der Waals surface area contributed by atoms with Crippen LogP contribution < -0.4 is 5.73 Å². The third-order valence-corrected chi connectivity index (χ3v) is 8.51. The highest BCUT2D eigenvalue weighted by atomic mass is 16.2. The lowest BCUT2D eigenvalue weighted by Crippen LogP contribution is -2.46. The number of hydrogen-bond acceptors (Lipinski definition) is 4. The van der Waals surface area contributed by atoms with E-state index >= 15 is 0 Å². The normalized spacial score (nSPS) is 18.8. The molecule has 4 N–H and O–H groups in total. The van der Waals surface area contributed by atoms with Crippen LogP contribution in [-0.4, -0.2) is 43.3 Å². The Morgan fingerprint density at radius 2 is 1.31 bits per heavy atom. The highest BCUT2D eigenvalue weighted by molar-refractivity contribution is 5.82. The SMILES string of the molecule is CC(C)[C@H](N)C(=O)N1CCC[C@H]1c1ncc(-c2ccc(-c3ccc(-c4cnc(C5CCCC5)[nH]4)cc3)cc2)[nH]1. The Hall–Kier alpha value is -3.71. The summed E-state index contributed by atoms with van der Waals surface area (Å²) >= 11 is 0. The van der Waals surface area contributed by atoms with E-state index in [0.29, 0.717) is 5.92 Å². The van der Waals surface area contributed by atoms with Gasteiger partial charge in [0.25, 0.3) is 0 Å². The van der Waals surface area contributed by atoms with Crippen molar-refractivity contribution in [2.24, 2.45) is 11.7 Å². The smallest absolute Gasteiger partial charge is 0.240 e. The molecule has 1 aliphatic carbocycles. The van der Waals surface area contributed by atoms with Gasteiger partial charge >= 0.3 is 0 Å². The number of carbonyl (C=O) groups excluding carboxylic acids is 1. The number of nitrogens with one attached hydrogen (secondary N) is 2. The van der Waals surface area contributed by atoms with Crippen molar-refractivity contribution < 1.29 is 4.79 Å². The van der Waals surface area contributed by atoms with Crippen LogP contribution in [0.1, 0.15) is 76.0 Å². The van der Waals surface area contributed by atoms with Crippen molar-refractivity contribution in [2.75, 3.05) is 6.54 Å². The first-order chi connectivity index (χ1) is 19.0. The molecule has 4 aromatic rings. The highest BCUT2D eigenvalue weighted by Crippen LogP contribution is 2.35. The topological polar surface area (TPSA) is 104 Å². The Bertz CT molecular complexity index is 1410. The number of amides is 1. The van der Waals surface area contributed by atoms with E-state index in [1.807, 2.05) is 31.1 Å². The van der Waals surface area contributed by atoms with Crippen LogP contribution >= 0.6 is 0 Å². The number of nitrogens with two attached hydrogens (primary N) is 1. The van der Waals surface area contributed by atoms with Gasteiger partial charge in [0.2, 0.25) is 5.91 Å². The lowest BCUT2D eigenvalue weighted by Gasteiger charge is -2.27. The maximum atomic E-state index is 12.9. The fourth-order valence-corrected chi connectivity index (χ4v) is 6.02. The van der Waals surface area contributed by atoms with Gasteiger partial charge in [-0.3, -0.25) is 4.79 Å². The molecule has 1 saturated heterocycles. The lowest BCUT2D eigenvalue weighted by molar-refractivity contribution is -0.134. The van der Waals surface area contributed by atoms with E-state index in [1.165, 1.54) is 31.2 Å². The molecule has 202 valence electrons. The summed E-state index contributed by atoms with van der Waals surface area (Å²) in [4.78, 5) is 31.2. The number of aromatic nitrogens is 4. The second-order valence-electron chi connectivity index (χ2n) is 11.5. The molecule has 2 aromatic heterocycles. The van der Waals surface area contributed by atoms with Crippen molar-refractivity contribution in [1.82, 2.24) is 24.8 Å². The number of carbonyl (C=O) groups is 1. The van der Waals surface area contributed by atoms with Gasteiger partial charge in [0.1, 0.15) is 11.6 Å². The average Bonchev–Trinajstić information content (AvgIpc) is 3.78. The van der Waals surface area contributed by atoms with Crippen LogP contribution in [0.3, 0.4) is 0 Å². The molecule has 3 heterocycles. The molecule has 7 nitrogen and oxygen atoms in total. The summed E-state index contributed by atoms with van der Waals surface area (Å²) in [6.45, 7) is 4.71. The van der Waals surface area contributed by atoms with Gasteiger partial charge in [0, 0.05) is 12.5 Å². The minimum Gasteiger partial charge on any atom is -0.342 e. The molecule has 6 rings (SSSR count). The number of likely N-dealkylation sites (tertiary alicyclic amines) is 1. The molecule has 1 aliphatic heterocycles. The Kier molecular flexibility index (Phi) is 7.09. The van der Waals surface area contributed by atoms with Crippen molar-refractivity contribution in [3.8, 4) is 33.6 Å². The van der Waals surface area contributed by atoms with Gasteiger partial charge in [-0.05, 0) is 53.9 Å². The second-order valence-corrected chi connectivity index (χ2v) is 11.5. The predicted molar refractivity (Wildman–Crippen MR) is 155 cm³/mol. The summed E-state index contributed by atoms with van der Waals surface area (Å²) in [6.07, 6.45) is 10.8. The van der Waals surface area contributed by atoms with Crippen LogP contribution in [0.25, 0.3) is 33.6 Å². The lowest BCUT2D eigenvalue weighted by atomic mass is 10.0. The molecule has 0 radical (unpaired) electrons. The number of hydrogen-bond donors (Lipinski definition) is 3. The minimum absolute atomic E-state index is 0.0163. The Morgan fingerprint density at radius 3 is 1.87 bits per heavy atom. The van der Waals surface area contributed by atoms with Crippen molar-refractivity contribution >= 4 is 5.91 Å². The van der Waals surface area contributed by atoms with Crippen LogP contribution in [0.15, 0.2) is 60.9 Å². The zero-order chi connectivity index (χ0) is 26.9. The van der Waals surface area contributed by atoms with Crippen LogP contribution in [-0.2, 0) is 4.79 Å². The molecule has 0 unspecified atom stereocenters. The van der Waals surface area contributed by atoms with E-state index in [1.54, 1.807) is 0 Å².